The molecule has 0 unspecified atom stereocenters. The summed E-state index contributed by atoms with van der Waals surface area (Å²) >= 11 is 11.7. The molecule has 0 amide bonds. The molecule has 0 saturated carbocycles. The van der Waals surface area contributed by atoms with Crippen LogP contribution in [0.5, 0.6) is 11.5 Å². The largest absolute Gasteiger partial charge is 0.495 e. The number of benzene rings is 1. The van der Waals surface area contributed by atoms with Crippen LogP contribution >= 0.6 is 23.2 Å². The molecule has 0 N–H and O–H groups in total. The van der Waals surface area contributed by atoms with Gasteiger partial charge in [-0.25, -0.2) is 0 Å². The van der Waals surface area contributed by atoms with Gasteiger partial charge in [-0.2, -0.15) is 0 Å². The molecule has 0 aliphatic rings. The average Bonchev–Trinajstić information content (AvgIpc) is 2.06. The van der Waals surface area contributed by atoms with Gasteiger partial charge in [-0.1, -0.05) is 23.2 Å². The van der Waals surface area contributed by atoms with E-state index in [9.17, 15) is 0 Å². The van der Waals surface area contributed by atoms with Crippen LogP contribution in [0.15, 0.2) is 12.1 Å². The quantitative estimate of drug-likeness (QED) is 0.741. The van der Waals surface area contributed by atoms with E-state index >= 15 is 0 Å². The van der Waals surface area contributed by atoms with Gasteiger partial charge in [0.15, 0.2) is 5.75 Å². The minimum absolute atomic E-state index is 0.396. The van der Waals surface area contributed by atoms with Gasteiger partial charge in [0.25, 0.3) is 0 Å². The second-order valence-corrected chi connectivity index (χ2v) is 2.88. The van der Waals surface area contributed by atoms with E-state index in [0.717, 1.165) is 0 Å². The molecule has 0 heterocycles. The predicted molar refractivity (Wildman–Crippen MR) is 49.6 cm³/mol. The van der Waals surface area contributed by atoms with Crippen LogP contribution in [0, 0.1) is 0 Å². The Morgan fingerprint density at radius 3 is 2.25 bits per heavy atom. The lowest BCUT2D eigenvalue weighted by Gasteiger charge is -2.08. The van der Waals surface area contributed by atoms with E-state index in [1.807, 2.05) is 0 Å². The second kappa shape index (κ2) is 3.87. The van der Waals surface area contributed by atoms with E-state index in [4.69, 9.17) is 32.7 Å². The van der Waals surface area contributed by atoms with Crippen LogP contribution in [-0.4, -0.2) is 14.2 Å². The fourth-order valence-electron chi connectivity index (χ4n) is 0.859. The van der Waals surface area contributed by atoms with E-state index < -0.39 is 0 Å². The first-order chi connectivity index (χ1) is 5.70. The van der Waals surface area contributed by atoms with Crippen LogP contribution in [0.4, 0.5) is 0 Å². The van der Waals surface area contributed by atoms with Crippen molar-refractivity contribution in [1.82, 2.24) is 0 Å². The molecule has 0 fully saturated rings. The summed E-state index contributed by atoms with van der Waals surface area (Å²) in [4.78, 5) is 0. The molecule has 0 saturated heterocycles. The number of rotatable bonds is 2. The molecule has 0 radical (unpaired) electrons. The number of hydrogen-bond donors (Lipinski definition) is 0. The van der Waals surface area contributed by atoms with Gasteiger partial charge in [0.05, 0.1) is 19.2 Å². The Bertz CT molecular complexity index is 287. The summed E-state index contributed by atoms with van der Waals surface area (Å²) in [5.74, 6) is 0.996. The summed E-state index contributed by atoms with van der Waals surface area (Å²) in [5, 5.41) is 0.871. The van der Waals surface area contributed by atoms with Crippen LogP contribution in [0.2, 0.25) is 10.0 Å². The van der Waals surface area contributed by atoms with Crippen molar-refractivity contribution in [3.05, 3.63) is 22.2 Å². The molecule has 12 heavy (non-hydrogen) atoms. The van der Waals surface area contributed by atoms with Gasteiger partial charge in [0.2, 0.25) is 0 Å². The van der Waals surface area contributed by atoms with Crippen molar-refractivity contribution in [3.8, 4) is 11.5 Å². The number of ether oxygens (including phenoxy) is 2. The Balaban J connectivity index is 3.24. The number of halogens is 2. The topological polar surface area (TPSA) is 18.5 Å². The van der Waals surface area contributed by atoms with Crippen LogP contribution in [0.3, 0.4) is 0 Å². The van der Waals surface area contributed by atoms with E-state index in [1.54, 1.807) is 12.1 Å². The van der Waals surface area contributed by atoms with Gasteiger partial charge < -0.3 is 9.47 Å². The van der Waals surface area contributed by atoms with Gasteiger partial charge >= 0.3 is 0 Å². The van der Waals surface area contributed by atoms with Crippen LogP contribution < -0.4 is 9.47 Å². The van der Waals surface area contributed by atoms with Crippen molar-refractivity contribution in [1.29, 1.82) is 0 Å². The third-order valence-corrected chi connectivity index (χ3v) is 2.09. The lowest BCUT2D eigenvalue weighted by molar-refractivity contribution is 0.395. The maximum atomic E-state index is 5.88. The molecule has 0 aromatic heterocycles. The maximum Gasteiger partial charge on any atom is 0.159 e. The Labute approximate surface area is 81.0 Å². The standard InChI is InChI=1S/C8H8Cl2O2/c1-11-6-4-3-5(9)8(12-2)7(6)10/h3-4H,1-2H3. The SMILES string of the molecule is COc1ccc(Cl)c(OC)c1Cl. The lowest BCUT2D eigenvalue weighted by atomic mass is 10.3. The maximum absolute atomic E-state index is 5.88. The highest BCUT2D eigenvalue weighted by Gasteiger charge is 2.10. The molecule has 66 valence electrons. The first-order valence-electron chi connectivity index (χ1n) is 3.26. The lowest BCUT2D eigenvalue weighted by Crippen LogP contribution is -1.89. The van der Waals surface area contributed by atoms with Crippen molar-refractivity contribution >= 4 is 23.2 Å². The highest BCUT2D eigenvalue weighted by molar-refractivity contribution is 6.38. The Hall–Kier alpha value is -0.600. The minimum atomic E-state index is 0.396. The molecule has 0 aliphatic carbocycles. The average molecular weight is 207 g/mol. The first kappa shape index (κ1) is 9.49. The van der Waals surface area contributed by atoms with E-state index in [-0.39, 0.29) is 0 Å². The fourth-order valence-corrected chi connectivity index (χ4v) is 1.46. The van der Waals surface area contributed by atoms with Crippen LogP contribution in [0.25, 0.3) is 0 Å². The third kappa shape index (κ3) is 1.59. The normalized spacial score (nSPS) is 9.67. The summed E-state index contributed by atoms with van der Waals surface area (Å²) in [6.45, 7) is 0. The van der Waals surface area contributed by atoms with Gasteiger partial charge in [-0.3, -0.25) is 0 Å². The van der Waals surface area contributed by atoms with E-state index in [2.05, 4.69) is 0 Å². The molecule has 1 aromatic carbocycles. The van der Waals surface area contributed by atoms with Crippen molar-refractivity contribution in [3.63, 3.8) is 0 Å². The zero-order chi connectivity index (χ0) is 9.14. The minimum Gasteiger partial charge on any atom is -0.495 e. The second-order valence-electron chi connectivity index (χ2n) is 2.10. The number of methoxy groups -OCH3 is 2. The molecule has 0 atom stereocenters. The van der Waals surface area contributed by atoms with Gasteiger partial charge in [0.1, 0.15) is 10.8 Å². The highest BCUT2D eigenvalue weighted by Crippen LogP contribution is 2.39. The molecular weight excluding hydrogens is 199 g/mol. The summed E-state index contributed by atoms with van der Waals surface area (Å²) in [6.07, 6.45) is 0. The van der Waals surface area contributed by atoms with Gasteiger partial charge in [-0.05, 0) is 12.1 Å². The fraction of sp³-hybridized carbons (Fsp3) is 0.250. The van der Waals surface area contributed by atoms with Crippen molar-refractivity contribution < 1.29 is 9.47 Å². The molecule has 0 aliphatic heterocycles. The molecule has 0 bridgehead atoms. The number of hydrogen-bond acceptors (Lipinski definition) is 2. The third-order valence-electron chi connectivity index (χ3n) is 1.44. The summed E-state index contributed by atoms with van der Waals surface area (Å²) in [6, 6.07) is 3.36. The van der Waals surface area contributed by atoms with Crippen LogP contribution in [0.1, 0.15) is 0 Å². The van der Waals surface area contributed by atoms with Crippen molar-refractivity contribution in [2.45, 2.75) is 0 Å². The molecular formula is C8H8Cl2O2. The Morgan fingerprint density at radius 1 is 1.08 bits per heavy atom. The summed E-state index contributed by atoms with van der Waals surface area (Å²) in [5.41, 5.74) is 0. The van der Waals surface area contributed by atoms with Crippen molar-refractivity contribution in [2.75, 3.05) is 14.2 Å². The van der Waals surface area contributed by atoms with E-state index in [0.29, 0.717) is 21.5 Å². The summed E-state index contributed by atoms with van der Waals surface area (Å²) in [7, 11) is 3.04. The molecule has 1 aromatic rings. The molecule has 0 spiro atoms. The molecule has 1 rings (SSSR count). The molecule has 4 heteroatoms. The zero-order valence-electron chi connectivity index (χ0n) is 6.73. The Kier molecular flexibility index (Phi) is 3.06. The first-order valence-corrected chi connectivity index (χ1v) is 4.02. The van der Waals surface area contributed by atoms with Crippen molar-refractivity contribution in [2.24, 2.45) is 0 Å². The summed E-state index contributed by atoms with van der Waals surface area (Å²) < 4.78 is 9.95. The zero-order valence-corrected chi connectivity index (χ0v) is 8.24. The smallest absolute Gasteiger partial charge is 0.159 e. The molecule has 2 nitrogen and oxygen atoms in total. The highest BCUT2D eigenvalue weighted by atomic mass is 35.5. The van der Waals surface area contributed by atoms with E-state index in [1.165, 1.54) is 14.2 Å². The van der Waals surface area contributed by atoms with Gasteiger partial charge in [-0.15, -0.1) is 0 Å². The predicted octanol–water partition coefficient (Wildman–Crippen LogP) is 3.01. The monoisotopic (exact) mass is 206 g/mol. The van der Waals surface area contributed by atoms with Gasteiger partial charge in [0, 0.05) is 0 Å². The Morgan fingerprint density at radius 2 is 1.75 bits per heavy atom. The van der Waals surface area contributed by atoms with Crippen LogP contribution in [-0.2, 0) is 0 Å².